The Morgan fingerprint density at radius 3 is 0.899 bits per heavy atom. The molecule has 0 amide bonds. The lowest BCUT2D eigenvalue weighted by Gasteiger charge is -2.23. The second-order valence-electron chi connectivity index (χ2n) is 30.4. The highest BCUT2D eigenvalue weighted by atomic mass is 16.3. The molecule has 0 aliphatic rings. The Balaban J connectivity index is 0.742. The highest BCUT2D eigenvalue weighted by Gasteiger charge is 2.32. The maximum absolute atomic E-state index is 6.55. The van der Waals surface area contributed by atoms with Crippen LogP contribution in [0, 0.1) is 0 Å². The molecule has 554 valence electrons. The first kappa shape index (κ1) is 67.3. The lowest BCUT2D eigenvalue weighted by atomic mass is 9.94. The second-order valence-corrected chi connectivity index (χ2v) is 30.4. The monoisotopic (exact) mass is 1520 g/mol. The normalized spacial score (nSPS) is 11.9. The summed E-state index contributed by atoms with van der Waals surface area (Å²) in [5.41, 5.74) is 24.8. The zero-order chi connectivity index (χ0) is 78.2. The molecule has 0 atom stereocenters. The molecule has 0 N–H and O–H groups in total. The third kappa shape index (κ3) is 10.8. The molecule has 119 heavy (non-hydrogen) atoms. The Morgan fingerprint density at radius 2 is 0.462 bits per heavy atom. The van der Waals surface area contributed by atoms with Gasteiger partial charge in [0.2, 0.25) is 0 Å². The molecule has 0 aliphatic carbocycles. The van der Waals surface area contributed by atoms with Crippen LogP contribution in [0.1, 0.15) is 0 Å². The smallest absolute Gasteiger partial charge is 0.166 e. The fraction of sp³-hybridized carbons (Fsp3) is 0. The van der Waals surface area contributed by atoms with E-state index in [1.165, 1.54) is 0 Å². The molecule has 7 heterocycles. The molecular weight excluding hydrogens is 1450 g/mol. The van der Waals surface area contributed by atoms with Crippen molar-refractivity contribution in [3.8, 4) is 124 Å². The van der Waals surface area contributed by atoms with Crippen LogP contribution in [-0.4, -0.2) is 48.2 Å². The van der Waals surface area contributed by atoms with Crippen molar-refractivity contribution in [2.45, 2.75) is 0 Å². The van der Waals surface area contributed by atoms with Crippen LogP contribution >= 0.6 is 0 Å². The van der Waals surface area contributed by atoms with Crippen molar-refractivity contribution in [2.24, 2.45) is 0 Å². The van der Waals surface area contributed by atoms with Crippen molar-refractivity contribution in [1.29, 1.82) is 0 Å². The van der Waals surface area contributed by atoms with Crippen LogP contribution in [0.3, 0.4) is 0 Å². The van der Waals surface area contributed by atoms with Gasteiger partial charge in [0.05, 0.1) is 78.0 Å². The fourth-order valence-corrected chi connectivity index (χ4v) is 18.4. The largest absolute Gasteiger partial charge is 0.456 e. The van der Waals surface area contributed by atoms with Gasteiger partial charge >= 0.3 is 0 Å². The van der Waals surface area contributed by atoms with Crippen molar-refractivity contribution in [3.05, 3.63) is 400 Å². The molecule has 11 nitrogen and oxygen atoms in total. The molecule has 7 aromatic heterocycles. The summed E-state index contributed by atoms with van der Waals surface area (Å²) in [5.74, 6) is 3.23. The number of aromatic nitrogens is 10. The predicted molar refractivity (Wildman–Crippen MR) is 487 cm³/mol. The van der Waals surface area contributed by atoms with Crippen LogP contribution in [0.4, 0.5) is 0 Å². The standard InChI is InChI=1S/C108H66N10O/c1-5-30-67(31-6-1)75-58-61-95(115-87-48-21-13-40-77(87)78-41-14-22-49-88(78)115)101(117-90-51-24-15-42-79(90)80-43-16-25-52-91(80)117)99(75)107-113-105(70-36-11-4-12-37-70)110-106(114-107)74-39-29-38-71(64-74)72-56-60-94-85(65-72)83-46-19-23-50-89(83)116(94)96-62-59-76(73-57-63-98-86(66-73)84-47-20-28-55-97(84)119-98)100(102(96)118-92-53-26-17-44-81(92)82-45-18-27-54-93(82)118)108-111-103(68-32-7-2-8-33-68)109-104(112-108)69-34-9-3-10-35-69/h1-66H. The van der Waals surface area contributed by atoms with Gasteiger partial charge in [0.15, 0.2) is 34.9 Å². The van der Waals surface area contributed by atoms with E-state index in [9.17, 15) is 0 Å². The number of hydrogen-bond acceptors (Lipinski definition) is 7. The first-order valence-electron chi connectivity index (χ1n) is 40.2. The van der Waals surface area contributed by atoms with Crippen LogP contribution in [0.2, 0.25) is 0 Å². The first-order valence-corrected chi connectivity index (χ1v) is 40.2. The first-order chi connectivity index (χ1) is 59.0. The average Bonchev–Trinajstić information content (AvgIpc) is 1.59. The molecule has 0 fully saturated rings. The highest BCUT2D eigenvalue weighted by Crippen LogP contribution is 2.50. The Bertz CT molecular complexity index is 8020. The number of hydrogen-bond donors (Lipinski definition) is 0. The Hall–Kier alpha value is -16.2. The van der Waals surface area contributed by atoms with Crippen molar-refractivity contribution in [1.82, 2.24) is 48.2 Å². The second kappa shape index (κ2) is 27.2. The zero-order valence-corrected chi connectivity index (χ0v) is 64.0. The van der Waals surface area contributed by atoms with Gasteiger partial charge in [-0.2, -0.15) is 0 Å². The van der Waals surface area contributed by atoms with E-state index in [-0.39, 0.29) is 0 Å². The average molecular weight is 1520 g/mol. The maximum Gasteiger partial charge on any atom is 0.166 e. The lowest BCUT2D eigenvalue weighted by molar-refractivity contribution is 0.669. The summed E-state index contributed by atoms with van der Waals surface area (Å²) in [7, 11) is 0. The van der Waals surface area contributed by atoms with Gasteiger partial charge in [-0.3, -0.25) is 0 Å². The molecule has 0 saturated carbocycles. The van der Waals surface area contributed by atoms with Crippen LogP contribution in [0.15, 0.2) is 405 Å². The van der Waals surface area contributed by atoms with Crippen molar-refractivity contribution in [2.75, 3.05) is 0 Å². The minimum absolute atomic E-state index is 0.515. The van der Waals surface area contributed by atoms with E-state index in [0.29, 0.717) is 34.9 Å². The van der Waals surface area contributed by atoms with Gasteiger partial charge in [-0.25, -0.2) is 29.9 Å². The van der Waals surface area contributed by atoms with E-state index < -0.39 is 0 Å². The molecular formula is C108H66N10O. The molecule has 24 rings (SSSR count). The van der Waals surface area contributed by atoms with Crippen molar-refractivity contribution in [3.63, 3.8) is 0 Å². The van der Waals surface area contributed by atoms with E-state index in [1.54, 1.807) is 0 Å². The van der Waals surface area contributed by atoms with E-state index in [0.717, 1.165) is 199 Å². The highest BCUT2D eigenvalue weighted by molar-refractivity contribution is 6.16. The van der Waals surface area contributed by atoms with Gasteiger partial charge in [-0.15, -0.1) is 0 Å². The van der Waals surface area contributed by atoms with Crippen molar-refractivity contribution < 1.29 is 4.42 Å². The molecule has 0 bridgehead atoms. The number of para-hydroxylation sites is 8. The number of benzene rings is 17. The van der Waals surface area contributed by atoms with E-state index in [2.05, 4.69) is 364 Å². The lowest BCUT2D eigenvalue weighted by Crippen LogP contribution is -2.09. The van der Waals surface area contributed by atoms with Crippen LogP contribution in [-0.2, 0) is 0 Å². The van der Waals surface area contributed by atoms with Crippen LogP contribution in [0.5, 0.6) is 0 Å². The molecule has 0 saturated heterocycles. The van der Waals surface area contributed by atoms with Crippen LogP contribution < -0.4 is 0 Å². The molecule has 0 spiro atoms. The molecule has 17 aromatic carbocycles. The van der Waals surface area contributed by atoms with E-state index in [1.807, 2.05) is 54.6 Å². The Morgan fingerprint density at radius 1 is 0.168 bits per heavy atom. The Labute approximate surface area is 682 Å². The quantitative estimate of drug-likeness (QED) is 0.113. The molecule has 0 unspecified atom stereocenters. The number of fused-ring (bicyclic) bond motifs is 15. The minimum atomic E-state index is 0.515. The topological polar surface area (TPSA) is 110 Å². The summed E-state index contributed by atoms with van der Waals surface area (Å²) in [5, 5.41) is 11.0. The van der Waals surface area contributed by atoms with Gasteiger partial charge in [0.1, 0.15) is 11.2 Å². The van der Waals surface area contributed by atoms with Crippen molar-refractivity contribution >= 4 is 109 Å². The molecule has 0 radical (unpaired) electrons. The molecule has 24 aromatic rings. The molecule has 11 heteroatoms. The number of rotatable bonds is 13. The fourth-order valence-electron chi connectivity index (χ4n) is 18.4. The summed E-state index contributed by atoms with van der Waals surface area (Å²) in [6.45, 7) is 0. The van der Waals surface area contributed by atoms with Gasteiger partial charge in [0, 0.05) is 76.1 Å². The Kier molecular flexibility index (Phi) is 15.4. The van der Waals surface area contributed by atoms with Gasteiger partial charge < -0.3 is 22.7 Å². The summed E-state index contributed by atoms with van der Waals surface area (Å²) in [6, 6.07) is 142. The summed E-state index contributed by atoms with van der Waals surface area (Å²) >= 11 is 0. The third-order valence-electron chi connectivity index (χ3n) is 23.7. The number of nitrogens with zero attached hydrogens (tertiary/aromatic N) is 10. The van der Waals surface area contributed by atoms with Crippen LogP contribution in [0.25, 0.3) is 234 Å². The summed E-state index contributed by atoms with van der Waals surface area (Å²) in [6.07, 6.45) is 0. The van der Waals surface area contributed by atoms with Gasteiger partial charge in [0.25, 0.3) is 0 Å². The predicted octanol–water partition coefficient (Wildman–Crippen LogP) is 27.3. The number of furan rings is 1. The third-order valence-corrected chi connectivity index (χ3v) is 23.7. The SMILES string of the molecule is c1ccc(-c2nc(-c3cccc(-c4ccc5c(c4)c4ccccc4n5-c4ccc(-c5ccc6oc7ccccc7c6c5)c(-c5nc(-c6ccccc6)nc(-c6ccccc6)n5)c4-n4c5ccccc5c5ccccc54)c3)nc(-c3c(-c4ccccc4)ccc(-n4c5ccccc5c5ccccc54)c3-n3c4ccccc4c4ccccc43)n2)cc1. The van der Waals surface area contributed by atoms with E-state index in [4.69, 9.17) is 34.3 Å². The minimum Gasteiger partial charge on any atom is -0.456 e. The van der Waals surface area contributed by atoms with Gasteiger partial charge in [-0.1, -0.05) is 309 Å². The molecule has 0 aliphatic heterocycles. The van der Waals surface area contributed by atoms with Gasteiger partial charge in [-0.05, 0) is 124 Å². The zero-order valence-electron chi connectivity index (χ0n) is 64.0. The van der Waals surface area contributed by atoms with E-state index >= 15 is 0 Å². The maximum atomic E-state index is 6.55. The summed E-state index contributed by atoms with van der Waals surface area (Å²) in [4.78, 5) is 33.8. The summed E-state index contributed by atoms with van der Waals surface area (Å²) < 4.78 is 16.3.